The summed E-state index contributed by atoms with van der Waals surface area (Å²) in [5.74, 6) is -0.116. The van der Waals surface area contributed by atoms with Gasteiger partial charge < -0.3 is 5.32 Å². The number of rotatable bonds is 2. The summed E-state index contributed by atoms with van der Waals surface area (Å²) >= 11 is 4.81. The van der Waals surface area contributed by atoms with Gasteiger partial charge in [-0.15, -0.1) is 11.3 Å². The van der Waals surface area contributed by atoms with Gasteiger partial charge in [-0.25, -0.2) is 0 Å². The molecular formula is C11H9BrN2OS. The van der Waals surface area contributed by atoms with E-state index in [1.54, 1.807) is 18.5 Å². The molecule has 16 heavy (non-hydrogen) atoms. The van der Waals surface area contributed by atoms with E-state index in [2.05, 4.69) is 26.2 Å². The number of hydrogen-bond donors (Lipinski definition) is 1. The number of hydrogen-bond acceptors (Lipinski definition) is 3. The number of pyridine rings is 1. The maximum Gasteiger partial charge on any atom is 0.256 e. The van der Waals surface area contributed by atoms with Crippen LogP contribution in [0, 0.1) is 6.92 Å². The van der Waals surface area contributed by atoms with Crippen molar-refractivity contribution in [3.63, 3.8) is 0 Å². The van der Waals surface area contributed by atoms with Crippen LogP contribution < -0.4 is 5.32 Å². The monoisotopic (exact) mass is 296 g/mol. The first kappa shape index (κ1) is 11.3. The largest absolute Gasteiger partial charge is 0.321 e. The lowest BCUT2D eigenvalue weighted by atomic mass is 10.2. The Bertz CT molecular complexity index is 524. The smallest absolute Gasteiger partial charge is 0.256 e. The molecule has 0 saturated heterocycles. The molecule has 82 valence electrons. The van der Waals surface area contributed by atoms with Crippen LogP contribution >= 0.6 is 27.3 Å². The summed E-state index contributed by atoms with van der Waals surface area (Å²) in [7, 11) is 0. The molecule has 0 fully saturated rings. The lowest BCUT2D eigenvalue weighted by Crippen LogP contribution is -2.10. The minimum Gasteiger partial charge on any atom is -0.321 e. The Kier molecular flexibility index (Phi) is 3.36. The summed E-state index contributed by atoms with van der Waals surface area (Å²) in [5.41, 5.74) is 2.38. The highest BCUT2D eigenvalue weighted by Crippen LogP contribution is 2.21. The molecule has 0 aromatic carbocycles. The number of carbonyl (C=O) groups is 1. The molecule has 0 unspecified atom stereocenters. The van der Waals surface area contributed by atoms with E-state index in [1.165, 1.54) is 11.3 Å². The van der Waals surface area contributed by atoms with Gasteiger partial charge in [0.15, 0.2) is 0 Å². The topological polar surface area (TPSA) is 42.0 Å². The second-order valence-corrected chi connectivity index (χ2v) is 5.64. The third-order valence-corrected chi connectivity index (χ3v) is 3.47. The lowest BCUT2D eigenvalue weighted by Gasteiger charge is -2.03. The Morgan fingerprint density at radius 2 is 2.25 bits per heavy atom. The zero-order valence-electron chi connectivity index (χ0n) is 8.53. The molecule has 1 N–H and O–H groups in total. The highest BCUT2D eigenvalue weighted by atomic mass is 79.9. The van der Waals surface area contributed by atoms with Crippen molar-refractivity contribution < 1.29 is 4.79 Å². The van der Waals surface area contributed by atoms with Gasteiger partial charge in [0.1, 0.15) is 0 Å². The molecule has 1 amide bonds. The van der Waals surface area contributed by atoms with E-state index in [0.29, 0.717) is 11.3 Å². The van der Waals surface area contributed by atoms with E-state index >= 15 is 0 Å². The van der Waals surface area contributed by atoms with Crippen molar-refractivity contribution in [2.24, 2.45) is 0 Å². The molecular weight excluding hydrogens is 288 g/mol. The van der Waals surface area contributed by atoms with Crippen LogP contribution in [0.1, 0.15) is 15.9 Å². The second-order valence-electron chi connectivity index (χ2n) is 3.34. The molecule has 0 atom stereocenters. The Hall–Kier alpha value is -1.20. The number of anilines is 1. The van der Waals surface area contributed by atoms with E-state index in [0.717, 1.165) is 9.35 Å². The van der Waals surface area contributed by atoms with Gasteiger partial charge in [-0.3, -0.25) is 9.78 Å². The van der Waals surface area contributed by atoms with Crippen molar-refractivity contribution >= 4 is 38.9 Å². The maximum absolute atomic E-state index is 11.8. The molecule has 0 aliphatic heterocycles. The molecule has 2 rings (SSSR count). The summed E-state index contributed by atoms with van der Waals surface area (Å²) in [6, 6.07) is 3.68. The van der Waals surface area contributed by atoms with Crippen molar-refractivity contribution in [1.29, 1.82) is 0 Å². The highest BCUT2D eigenvalue weighted by molar-refractivity contribution is 9.11. The van der Waals surface area contributed by atoms with Crippen molar-refractivity contribution in [2.75, 3.05) is 5.32 Å². The minimum atomic E-state index is -0.116. The molecule has 3 nitrogen and oxygen atoms in total. The molecule has 5 heteroatoms. The third-order valence-electron chi connectivity index (χ3n) is 1.96. The van der Waals surface area contributed by atoms with E-state index in [9.17, 15) is 4.79 Å². The number of aryl methyl sites for hydroxylation is 1. The normalized spacial score (nSPS) is 10.1. The van der Waals surface area contributed by atoms with Gasteiger partial charge >= 0.3 is 0 Å². The van der Waals surface area contributed by atoms with E-state index in [4.69, 9.17) is 0 Å². The number of carbonyl (C=O) groups excluding carboxylic acids is 1. The van der Waals surface area contributed by atoms with Crippen LogP contribution in [0.15, 0.2) is 33.7 Å². The Labute approximate surface area is 106 Å². The fourth-order valence-electron chi connectivity index (χ4n) is 1.26. The van der Waals surface area contributed by atoms with Gasteiger partial charge in [0, 0.05) is 11.6 Å². The van der Waals surface area contributed by atoms with Crippen LogP contribution in [0.3, 0.4) is 0 Å². The number of halogens is 1. The van der Waals surface area contributed by atoms with Crippen LogP contribution in [0.5, 0.6) is 0 Å². The van der Waals surface area contributed by atoms with Crippen LogP contribution in [0.2, 0.25) is 0 Å². The van der Waals surface area contributed by atoms with Gasteiger partial charge in [0.2, 0.25) is 0 Å². The summed E-state index contributed by atoms with van der Waals surface area (Å²) in [6.45, 7) is 1.93. The van der Waals surface area contributed by atoms with Gasteiger partial charge in [-0.05, 0) is 40.5 Å². The Balaban J connectivity index is 2.13. The molecule has 0 saturated carbocycles. The van der Waals surface area contributed by atoms with Crippen molar-refractivity contribution in [1.82, 2.24) is 4.98 Å². The quantitative estimate of drug-likeness (QED) is 0.922. The van der Waals surface area contributed by atoms with E-state index < -0.39 is 0 Å². The van der Waals surface area contributed by atoms with E-state index in [-0.39, 0.29) is 5.91 Å². The first-order valence-corrected chi connectivity index (χ1v) is 6.29. The maximum atomic E-state index is 11.8. The Morgan fingerprint density at radius 3 is 2.88 bits per heavy atom. The number of aromatic nitrogens is 1. The average molecular weight is 297 g/mol. The molecule has 0 aliphatic carbocycles. The lowest BCUT2D eigenvalue weighted by molar-refractivity contribution is 0.102. The first-order chi connectivity index (χ1) is 7.65. The first-order valence-electron chi connectivity index (χ1n) is 4.62. The highest BCUT2D eigenvalue weighted by Gasteiger charge is 2.08. The van der Waals surface area contributed by atoms with Crippen LogP contribution in [0.4, 0.5) is 5.69 Å². The van der Waals surface area contributed by atoms with Crippen LogP contribution in [0.25, 0.3) is 0 Å². The summed E-state index contributed by atoms with van der Waals surface area (Å²) < 4.78 is 0.944. The zero-order chi connectivity index (χ0) is 11.5. The average Bonchev–Trinajstić information content (AvgIpc) is 2.65. The van der Waals surface area contributed by atoms with E-state index in [1.807, 2.05) is 18.4 Å². The summed E-state index contributed by atoms with van der Waals surface area (Å²) in [4.78, 5) is 15.8. The molecule has 0 radical (unpaired) electrons. The second kappa shape index (κ2) is 4.76. The van der Waals surface area contributed by atoms with Crippen molar-refractivity contribution in [3.8, 4) is 0 Å². The summed E-state index contributed by atoms with van der Waals surface area (Å²) in [5, 5.41) is 4.60. The van der Waals surface area contributed by atoms with Crippen LogP contribution in [-0.2, 0) is 0 Å². The molecule has 0 aliphatic rings. The predicted octanol–water partition coefficient (Wildman–Crippen LogP) is 3.47. The van der Waals surface area contributed by atoms with Crippen LogP contribution in [-0.4, -0.2) is 10.9 Å². The number of thiophene rings is 1. The van der Waals surface area contributed by atoms with Gasteiger partial charge in [-0.2, -0.15) is 0 Å². The van der Waals surface area contributed by atoms with Crippen molar-refractivity contribution in [3.05, 3.63) is 44.8 Å². The minimum absolute atomic E-state index is 0.116. The number of amides is 1. The third kappa shape index (κ3) is 2.68. The predicted molar refractivity (Wildman–Crippen MR) is 68.9 cm³/mol. The molecule has 2 aromatic rings. The van der Waals surface area contributed by atoms with Gasteiger partial charge in [0.25, 0.3) is 5.91 Å². The molecule has 0 spiro atoms. The number of nitrogens with zero attached hydrogens (tertiary/aromatic N) is 1. The zero-order valence-corrected chi connectivity index (χ0v) is 10.9. The summed E-state index contributed by atoms with van der Waals surface area (Å²) in [6.07, 6.45) is 3.38. The Morgan fingerprint density at radius 1 is 1.44 bits per heavy atom. The number of nitrogens with one attached hydrogen (secondary N) is 1. The fraction of sp³-hybridized carbons (Fsp3) is 0.0909. The standard InChI is InChI=1S/C11H9BrN2OS/c1-7-2-9(5-13-4-7)14-11(15)8-3-10(12)16-6-8/h2-6H,1H3,(H,14,15). The molecule has 2 heterocycles. The van der Waals surface area contributed by atoms with Crippen molar-refractivity contribution in [2.45, 2.75) is 6.92 Å². The SMILES string of the molecule is Cc1cncc(NC(=O)c2csc(Br)c2)c1. The fourth-order valence-corrected chi connectivity index (χ4v) is 2.39. The molecule has 0 bridgehead atoms. The van der Waals surface area contributed by atoms with Gasteiger partial charge in [0.05, 0.1) is 21.2 Å². The van der Waals surface area contributed by atoms with Gasteiger partial charge in [-0.1, -0.05) is 0 Å². The molecule has 2 aromatic heterocycles.